The maximum Gasteiger partial charge on any atom is 0.182 e. The van der Waals surface area contributed by atoms with Crippen molar-refractivity contribution >= 4 is 34.9 Å². The van der Waals surface area contributed by atoms with Crippen molar-refractivity contribution in [3.63, 3.8) is 0 Å². The molecule has 1 heterocycles. The van der Waals surface area contributed by atoms with E-state index in [1.807, 2.05) is 53.1 Å². The summed E-state index contributed by atoms with van der Waals surface area (Å²) in [7, 11) is 0. The Morgan fingerprint density at radius 3 is 2.59 bits per heavy atom. The standard InChI is InChI=1S/C13H9ClN2S/c14-9-6-7-11-12(8-9)16(13(17)15-11)10-4-2-1-3-5-10/h1-8H,(H,15,17). The van der Waals surface area contributed by atoms with Crippen LogP contribution in [0.5, 0.6) is 0 Å². The van der Waals surface area contributed by atoms with E-state index < -0.39 is 0 Å². The average Bonchev–Trinajstić information content (AvgIpc) is 2.65. The van der Waals surface area contributed by atoms with Crippen LogP contribution in [0.1, 0.15) is 0 Å². The number of hydrogen-bond donors (Lipinski definition) is 1. The predicted molar refractivity (Wildman–Crippen MR) is 73.5 cm³/mol. The van der Waals surface area contributed by atoms with E-state index in [1.165, 1.54) is 0 Å². The third-order valence-corrected chi connectivity index (χ3v) is 3.18. The average molecular weight is 261 g/mol. The molecule has 2 nitrogen and oxygen atoms in total. The molecule has 3 rings (SSSR count). The number of nitrogens with zero attached hydrogens (tertiary/aromatic N) is 1. The molecule has 0 fully saturated rings. The Morgan fingerprint density at radius 2 is 1.82 bits per heavy atom. The summed E-state index contributed by atoms with van der Waals surface area (Å²) in [5.41, 5.74) is 3.02. The van der Waals surface area contributed by atoms with Crippen LogP contribution in [0.3, 0.4) is 0 Å². The second kappa shape index (κ2) is 4.02. The van der Waals surface area contributed by atoms with Crippen LogP contribution in [0.4, 0.5) is 0 Å². The summed E-state index contributed by atoms with van der Waals surface area (Å²) in [5, 5.41) is 0.705. The zero-order chi connectivity index (χ0) is 11.8. The van der Waals surface area contributed by atoms with Crippen LogP contribution in [0.25, 0.3) is 16.7 Å². The lowest BCUT2D eigenvalue weighted by Crippen LogP contribution is -1.92. The van der Waals surface area contributed by atoms with Crippen molar-refractivity contribution < 1.29 is 0 Å². The lowest BCUT2D eigenvalue weighted by Gasteiger charge is -2.03. The third kappa shape index (κ3) is 1.77. The fraction of sp³-hybridized carbons (Fsp3) is 0. The summed E-state index contributed by atoms with van der Waals surface area (Å²) in [5.74, 6) is 0. The first-order valence-electron chi connectivity index (χ1n) is 5.21. The Balaban J connectivity index is 2.40. The zero-order valence-electron chi connectivity index (χ0n) is 8.85. The van der Waals surface area contributed by atoms with Gasteiger partial charge in [0.05, 0.1) is 11.0 Å². The molecule has 0 aliphatic carbocycles. The fourth-order valence-electron chi connectivity index (χ4n) is 1.91. The number of rotatable bonds is 1. The van der Waals surface area contributed by atoms with Crippen LogP contribution in [-0.4, -0.2) is 9.55 Å². The highest BCUT2D eigenvalue weighted by Gasteiger charge is 2.06. The number of H-pyrrole nitrogens is 1. The van der Waals surface area contributed by atoms with Crippen molar-refractivity contribution in [2.75, 3.05) is 0 Å². The van der Waals surface area contributed by atoms with Crippen molar-refractivity contribution in [2.45, 2.75) is 0 Å². The molecule has 0 aliphatic heterocycles. The minimum atomic E-state index is 0.675. The normalized spacial score (nSPS) is 10.9. The topological polar surface area (TPSA) is 20.7 Å². The van der Waals surface area contributed by atoms with Gasteiger partial charge in [-0.2, -0.15) is 0 Å². The van der Waals surface area contributed by atoms with E-state index in [-0.39, 0.29) is 0 Å². The number of imidazole rings is 1. The second-order valence-corrected chi connectivity index (χ2v) is 4.59. The molecule has 0 bridgehead atoms. The number of fused-ring (bicyclic) bond motifs is 1. The number of halogens is 1. The van der Waals surface area contributed by atoms with Gasteiger partial charge in [0, 0.05) is 10.7 Å². The smallest absolute Gasteiger partial charge is 0.182 e. The molecule has 0 aliphatic rings. The molecular formula is C13H9ClN2S. The summed E-state index contributed by atoms with van der Waals surface area (Å²) in [6.07, 6.45) is 0. The van der Waals surface area contributed by atoms with Crippen molar-refractivity contribution in [3.05, 3.63) is 58.3 Å². The van der Waals surface area contributed by atoms with E-state index in [4.69, 9.17) is 23.8 Å². The van der Waals surface area contributed by atoms with Gasteiger partial charge in [0.15, 0.2) is 4.77 Å². The first kappa shape index (κ1) is 10.6. The van der Waals surface area contributed by atoms with Gasteiger partial charge < -0.3 is 4.98 Å². The van der Waals surface area contributed by atoms with Crippen molar-refractivity contribution in [2.24, 2.45) is 0 Å². The van der Waals surface area contributed by atoms with E-state index >= 15 is 0 Å². The zero-order valence-corrected chi connectivity index (χ0v) is 10.4. The van der Waals surface area contributed by atoms with Gasteiger partial charge in [0.1, 0.15) is 0 Å². The summed E-state index contributed by atoms with van der Waals surface area (Å²) in [6.45, 7) is 0. The molecule has 0 radical (unpaired) electrons. The van der Waals surface area contributed by atoms with Gasteiger partial charge in [-0.3, -0.25) is 4.57 Å². The molecule has 0 atom stereocenters. The largest absolute Gasteiger partial charge is 0.330 e. The minimum absolute atomic E-state index is 0.675. The lowest BCUT2D eigenvalue weighted by molar-refractivity contribution is 1.07. The number of nitrogens with one attached hydrogen (secondary N) is 1. The van der Waals surface area contributed by atoms with Crippen molar-refractivity contribution in [3.8, 4) is 5.69 Å². The van der Waals surface area contributed by atoms with Crippen molar-refractivity contribution in [1.29, 1.82) is 0 Å². The molecule has 0 amide bonds. The number of aromatic amines is 1. The lowest BCUT2D eigenvalue weighted by atomic mass is 10.3. The van der Waals surface area contributed by atoms with Crippen LogP contribution in [0.15, 0.2) is 48.5 Å². The minimum Gasteiger partial charge on any atom is -0.330 e. The Kier molecular flexibility index (Phi) is 2.50. The molecule has 1 aromatic heterocycles. The molecule has 0 saturated heterocycles. The van der Waals surface area contributed by atoms with Gasteiger partial charge in [-0.1, -0.05) is 29.8 Å². The maximum atomic E-state index is 6.03. The van der Waals surface area contributed by atoms with Crippen LogP contribution in [0.2, 0.25) is 5.02 Å². The van der Waals surface area contributed by atoms with Gasteiger partial charge in [-0.15, -0.1) is 0 Å². The molecule has 1 N–H and O–H groups in total. The van der Waals surface area contributed by atoms with Crippen LogP contribution >= 0.6 is 23.8 Å². The Morgan fingerprint density at radius 1 is 1.06 bits per heavy atom. The molecule has 0 unspecified atom stereocenters. The van der Waals surface area contributed by atoms with E-state index in [0.717, 1.165) is 16.7 Å². The highest BCUT2D eigenvalue weighted by Crippen LogP contribution is 2.22. The Hall–Kier alpha value is -1.58. The van der Waals surface area contributed by atoms with Gasteiger partial charge in [0.25, 0.3) is 0 Å². The fourth-order valence-corrected chi connectivity index (χ4v) is 2.39. The number of para-hydroxylation sites is 1. The first-order chi connectivity index (χ1) is 8.25. The van der Waals surface area contributed by atoms with Gasteiger partial charge in [-0.25, -0.2) is 0 Å². The van der Waals surface area contributed by atoms with Gasteiger partial charge in [-0.05, 0) is 42.5 Å². The van der Waals surface area contributed by atoms with Gasteiger partial charge >= 0.3 is 0 Å². The number of aromatic nitrogens is 2. The van der Waals surface area contributed by atoms with E-state index in [2.05, 4.69) is 4.98 Å². The second-order valence-electron chi connectivity index (χ2n) is 3.76. The van der Waals surface area contributed by atoms with Crippen LogP contribution < -0.4 is 0 Å². The quantitative estimate of drug-likeness (QED) is 0.646. The number of benzene rings is 2. The maximum absolute atomic E-state index is 6.03. The summed E-state index contributed by atoms with van der Waals surface area (Å²) < 4.78 is 2.66. The summed E-state index contributed by atoms with van der Waals surface area (Å²) in [4.78, 5) is 3.17. The summed E-state index contributed by atoms with van der Waals surface area (Å²) >= 11 is 11.4. The molecule has 17 heavy (non-hydrogen) atoms. The highest BCUT2D eigenvalue weighted by molar-refractivity contribution is 7.71. The van der Waals surface area contributed by atoms with Crippen molar-refractivity contribution in [1.82, 2.24) is 9.55 Å². The Bertz CT molecular complexity index is 728. The molecule has 84 valence electrons. The molecule has 4 heteroatoms. The molecule has 2 aromatic carbocycles. The SMILES string of the molecule is S=c1[nH]c2ccc(Cl)cc2n1-c1ccccc1. The molecular weight excluding hydrogens is 252 g/mol. The highest BCUT2D eigenvalue weighted by atomic mass is 35.5. The number of hydrogen-bond acceptors (Lipinski definition) is 1. The van der Waals surface area contributed by atoms with Gasteiger partial charge in [0.2, 0.25) is 0 Å². The summed E-state index contributed by atoms with van der Waals surface area (Å²) in [6, 6.07) is 15.7. The van der Waals surface area contributed by atoms with Crippen LogP contribution in [-0.2, 0) is 0 Å². The van der Waals surface area contributed by atoms with E-state index in [1.54, 1.807) is 0 Å². The van der Waals surface area contributed by atoms with Crippen LogP contribution in [0, 0.1) is 4.77 Å². The first-order valence-corrected chi connectivity index (χ1v) is 6.00. The third-order valence-electron chi connectivity index (χ3n) is 2.66. The predicted octanol–water partition coefficient (Wildman–Crippen LogP) is 4.34. The molecule has 0 saturated carbocycles. The van der Waals surface area contributed by atoms with E-state index in [9.17, 15) is 0 Å². The van der Waals surface area contributed by atoms with E-state index in [0.29, 0.717) is 9.79 Å². The Labute approximate surface area is 108 Å². The monoisotopic (exact) mass is 260 g/mol. The molecule has 0 spiro atoms. The molecule has 3 aromatic rings.